The largest absolute Gasteiger partial charge is 0.457 e. The molecule has 0 N–H and O–H groups in total. The molecule has 0 aliphatic heterocycles. The number of ether oxygens (including phenoxy) is 2. The number of rotatable bonds is 22. The molecule has 0 heterocycles. The lowest BCUT2D eigenvalue weighted by atomic mass is 10.0. The van der Waals surface area contributed by atoms with Gasteiger partial charge in [0.2, 0.25) is 0 Å². The van der Waals surface area contributed by atoms with E-state index in [4.69, 9.17) is 13.9 Å². The maximum atomic E-state index is 11.8. The van der Waals surface area contributed by atoms with Crippen molar-refractivity contribution in [3.63, 3.8) is 0 Å². The number of unbranched alkanes of at least 4 members (excludes halogenated alkanes) is 13. The summed E-state index contributed by atoms with van der Waals surface area (Å²) < 4.78 is 18.4. The van der Waals surface area contributed by atoms with Gasteiger partial charge in [-0.15, -0.1) is 0 Å². The zero-order valence-electron chi connectivity index (χ0n) is 25.2. The highest BCUT2D eigenvalue weighted by Crippen LogP contribution is 2.38. The van der Waals surface area contributed by atoms with E-state index in [0.717, 1.165) is 13.0 Å². The first-order valence-corrected chi connectivity index (χ1v) is 17.8. The van der Waals surface area contributed by atoms with Gasteiger partial charge in [0.25, 0.3) is 0 Å². The monoisotopic (exact) mass is 514 g/mol. The first kappa shape index (κ1) is 34.6. The minimum atomic E-state index is -1.98. The van der Waals surface area contributed by atoms with Crippen LogP contribution in [-0.4, -0.2) is 39.7 Å². The van der Waals surface area contributed by atoms with E-state index in [0.29, 0.717) is 6.61 Å². The van der Waals surface area contributed by atoms with Crippen molar-refractivity contribution in [1.29, 1.82) is 0 Å². The van der Waals surface area contributed by atoms with Crippen LogP contribution in [0.4, 0.5) is 0 Å². The topological polar surface area (TPSA) is 44.8 Å². The number of hydrogen-bond acceptors (Lipinski definition) is 4. The molecule has 4 nitrogen and oxygen atoms in total. The molecule has 0 aliphatic carbocycles. The molecular weight excluding hydrogens is 452 g/mol. The number of hydrogen-bond donors (Lipinski definition) is 0. The minimum absolute atomic E-state index is 0.107. The zero-order valence-corrected chi connectivity index (χ0v) is 26.2. The fourth-order valence-corrected chi connectivity index (χ4v) is 5.62. The lowest BCUT2D eigenvalue weighted by Crippen LogP contribution is -2.50. The standard InChI is InChI=1S/C30H62O4Si/c1-10-11-12-13-14-15-16-17-18-19-20-21-22-23-24-32-25-28(33-27(4)31)29(26(2)3)34-35(8,9)30(5,6)7/h26,28-29H,10-25H2,1-9H3. The van der Waals surface area contributed by atoms with Gasteiger partial charge in [-0.2, -0.15) is 0 Å². The summed E-state index contributed by atoms with van der Waals surface area (Å²) >= 11 is 0. The summed E-state index contributed by atoms with van der Waals surface area (Å²) in [6, 6.07) is 0. The number of esters is 1. The van der Waals surface area contributed by atoms with Crippen molar-refractivity contribution in [2.45, 2.75) is 169 Å². The van der Waals surface area contributed by atoms with Gasteiger partial charge in [-0.3, -0.25) is 4.79 Å². The van der Waals surface area contributed by atoms with Crippen LogP contribution in [0, 0.1) is 5.92 Å². The van der Waals surface area contributed by atoms with Crippen molar-refractivity contribution in [3.05, 3.63) is 0 Å². The van der Waals surface area contributed by atoms with Gasteiger partial charge >= 0.3 is 5.97 Å². The fourth-order valence-electron chi connectivity index (χ4n) is 4.17. The second-order valence-corrected chi connectivity index (χ2v) is 17.2. The van der Waals surface area contributed by atoms with Crippen LogP contribution in [0.15, 0.2) is 0 Å². The molecule has 2 unspecified atom stereocenters. The molecule has 0 spiro atoms. The van der Waals surface area contributed by atoms with Crippen molar-refractivity contribution >= 4 is 14.3 Å². The second-order valence-electron chi connectivity index (χ2n) is 12.4. The lowest BCUT2D eigenvalue weighted by molar-refractivity contribution is -0.158. The van der Waals surface area contributed by atoms with Crippen LogP contribution in [0.3, 0.4) is 0 Å². The minimum Gasteiger partial charge on any atom is -0.457 e. The smallest absolute Gasteiger partial charge is 0.303 e. The van der Waals surface area contributed by atoms with Crippen LogP contribution < -0.4 is 0 Å². The Labute approximate surface area is 220 Å². The molecule has 0 fully saturated rings. The highest BCUT2D eigenvalue weighted by Gasteiger charge is 2.42. The van der Waals surface area contributed by atoms with E-state index in [1.165, 1.54) is 90.4 Å². The van der Waals surface area contributed by atoms with Crippen molar-refractivity contribution in [3.8, 4) is 0 Å². The molecule has 35 heavy (non-hydrogen) atoms. The van der Waals surface area contributed by atoms with E-state index in [1.54, 1.807) is 0 Å². The van der Waals surface area contributed by atoms with Crippen LogP contribution in [0.5, 0.6) is 0 Å². The molecule has 0 amide bonds. The van der Waals surface area contributed by atoms with Crippen LogP contribution in [0.25, 0.3) is 0 Å². The molecule has 0 aromatic heterocycles. The summed E-state index contributed by atoms with van der Waals surface area (Å²) in [6.45, 7) is 20.4. The van der Waals surface area contributed by atoms with E-state index in [2.05, 4.69) is 54.6 Å². The van der Waals surface area contributed by atoms with Crippen LogP contribution >= 0.6 is 0 Å². The molecule has 0 saturated heterocycles. The third-order valence-corrected chi connectivity index (χ3v) is 12.0. The van der Waals surface area contributed by atoms with Gasteiger partial charge in [-0.25, -0.2) is 0 Å². The summed E-state index contributed by atoms with van der Waals surface area (Å²) in [5.74, 6) is -0.0160. The lowest BCUT2D eigenvalue weighted by Gasteiger charge is -2.42. The number of carbonyl (C=O) groups is 1. The van der Waals surface area contributed by atoms with Crippen molar-refractivity contribution < 1.29 is 18.7 Å². The molecule has 0 rings (SSSR count). The van der Waals surface area contributed by atoms with E-state index in [9.17, 15) is 4.79 Å². The molecular formula is C30H62O4Si. The Hall–Kier alpha value is -0.393. The maximum Gasteiger partial charge on any atom is 0.303 e. The predicted octanol–water partition coefficient (Wildman–Crippen LogP) is 9.46. The van der Waals surface area contributed by atoms with Crippen molar-refractivity contribution in [1.82, 2.24) is 0 Å². The molecule has 0 saturated carbocycles. The predicted molar refractivity (Wildman–Crippen MR) is 154 cm³/mol. The Morgan fingerprint density at radius 2 is 1.20 bits per heavy atom. The van der Waals surface area contributed by atoms with Crippen LogP contribution in [-0.2, 0) is 18.7 Å². The Bertz CT molecular complexity index is 513. The molecule has 210 valence electrons. The van der Waals surface area contributed by atoms with Crippen molar-refractivity contribution in [2.75, 3.05) is 13.2 Å². The van der Waals surface area contributed by atoms with E-state index in [-0.39, 0.29) is 29.1 Å². The Kier molecular flexibility index (Phi) is 19.5. The quantitative estimate of drug-likeness (QED) is 0.0819. The third-order valence-electron chi connectivity index (χ3n) is 7.50. The summed E-state index contributed by atoms with van der Waals surface area (Å²) in [5, 5.41) is 0.107. The maximum absolute atomic E-state index is 11.8. The zero-order chi connectivity index (χ0) is 26.7. The molecule has 2 atom stereocenters. The highest BCUT2D eigenvalue weighted by atomic mass is 28.4. The van der Waals surface area contributed by atoms with Crippen molar-refractivity contribution in [2.24, 2.45) is 5.92 Å². The van der Waals surface area contributed by atoms with Gasteiger partial charge in [0.1, 0.15) is 6.10 Å². The van der Waals surface area contributed by atoms with E-state index < -0.39 is 8.32 Å². The fraction of sp³-hybridized carbons (Fsp3) is 0.967. The average molecular weight is 515 g/mol. The molecule has 0 bridgehead atoms. The Morgan fingerprint density at radius 1 is 0.771 bits per heavy atom. The van der Waals surface area contributed by atoms with E-state index in [1.807, 2.05) is 0 Å². The Balaban J connectivity index is 4.11. The van der Waals surface area contributed by atoms with Gasteiger partial charge in [0.05, 0.1) is 12.7 Å². The molecule has 0 aromatic rings. The molecule has 5 heteroatoms. The van der Waals surface area contributed by atoms with Crippen LogP contribution in [0.1, 0.15) is 138 Å². The average Bonchev–Trinajstić information content (AvgIpc) is 2.75. The second kappa shape index (κ2) is 19.7. The van der Waals surface area contributed by atoms with E-state index >= 15 is 0 Å². The Morgan fingerprint density at radius 3 is 1.57 bits per heavy atom. The highest BCUT2D eigenvalue weighted by molar-refractivity contribution is 6.74. The summed E-state index contributed by atoms with van der Waals surface area (Å²) in [4.78, 5) is 11.8. The van der Waals surface area contributed by atoms with Gasteiger partial charge in [-0.05, 0) is 30.5 Å². The van der Waals surface area contributed by atoms with Gasteiger partial charge in [-0.1, -0.05) is 125 Å². The first-order chi connectivity index (χ1) is 16.4. The number of carbonyl (C=O) groups excluding carboxylic acids is 1. The molecule has 0 aliphatic rings. The third kappa shape index (κ3) is 17.7. The molecule has 0 radical (unpaired) electrons. The van der Waals surface area contributed by atoms with Gasteiger partial charge < -0.3 is 13.9 Å². The summed E-state index contributed by atoms with van der Waals surface area (Å²) in [7, 11) is -1.98. The SMILES string of the molecule is CCCCCCCCCCCCCCCCOCC(OC(C)=O)C(O[Si](C)(C)C(C)(C)C)C(C)C. The molecule has 0 aromatic carbocycles. The van der Waals surface area contributed by atoms with Crippen LogP contribution in [0.2, 0.25) is 18.1 Å². The summed E-state index contributed by atoms with van der Waals surface area (Å²) in [6.07, 6.45) is 18.4. The van der Waals surface area contributed by atoms with Gasteiger partial charge in [0.15, 0.2) is 8.32 Å². The summed E-state index contributed by atoms with van der Waals surface area (Å²) in [5.41, 5.74) is 0. The normalized spacial score (nSPS) is 14.3. The van der Waals surface area contributed by atoms with Gasteiger partial charge in [0, 0.05) is 13.5 Å². The first-order valence-electron chi connectivity index (χ1n) is 14.8.